The molecule has 1 N–H and O–H groups in total. The molecule has 3 atom stereocenters. The predicted octanol–water partition coefficient (Wildman–Crippen LogP) is 4.02. The Morgan fingerprint density at radius 1 is 1.37 bits per heavy atom. The van der Waals surface area contributed by atoms with Gasteiger partial charge in [-0.3, -0.25) is 0 Å². The molecule has 0 aliphatic heterocycles. The summed E-state index contributed by atoms with van der Waals surface area (Å²) in [6.07, 6.45) is 8.66. The fraction of sp³-hybridized carbons (Fsp3) is 0.765. The van der Waals surface area contributed by atoms with E-state index in [1.54, 1.807) is 0 Å². The Bertz CT molecular complexity index is 417. The number of hydrogen-bond acceptors (Lipinski definition) is 2. The van der Waals surface area contributed by atoms with Crippen LogP contribution >= 0.6 is 0 Å². The van der Waals surface area contributed by atoms with E-state index in [2.05, 4.69) is 32.2 Å². The number of nitrogens with one attached hydrogen (secondary N) is 1. The fourth-order valence-corrected chi connectivity index (χ4v) is 4.25. The summed E-state index contributed by atoms with van der Waals surface area (Å²) in [5.41, 5.74) is 0.645. The van der Waals surface area contributed by atoms with Crippen LogP contribution in [0.15, 0.2) is 22.8 Å². The van der Waals surface area contributed by atoms with Gasteiger partial charge in [0.1, 0.15) is 5.76 Å². The summed E-state index contributed by atoms with van der Waals surface area (Å²) in [5, 5.41) is 3.76. The lowest BCUT2D eigenvalue weighted by Gasteiger charge is -2.40. The lowest BCUT2D eigenvalue weighted by Crippen LogP contribution is -2.47. The molecule has 0 spiro atoms. The van der Waals surface area contributed by atoms with Crippen molar-refractivity contribution >= 4 is 0 Å². The number of fused-ring (bicyclic) bond motifs is 2. The van der Waals surface area contributed by atoms with Gasteiger partial charge in [0, 0.05) is 18.5 Å². The number of furan rings is 1. The first kappa shape index (κ1) is 13.2. The highest BCUT2D eigenvalue weighted by Gasteiger charge is 2.51. The summed E-state index contributed by atoms with van der Waals surface area (Å²) in [5.74, 6) is 3.04. The quantitative estimate of drug-likeness (QED) is 0.885. The van der Waals surface area contributed by atoms with Gasteiger partial charge in [-0.1, -0.05) is 6.42 Å². The Morgan fingerprint density at radius 3 is 2.74 bits per heavy atom. The Labute approximate surface area is 117 Å². The molecule has 1 aromatic rings. The second-order valence-electron chi connectivity index (χ2n) is 7.80. The van der Waals surface area contributed by atoms with Crippen molar-refractivity contribution < 1.29 is 4.42 Å². The molecule has 2 heteroatoms. The van der Waals surface area contributed by atoms with Gasteiger partial charge in [0.2, 0.25) is 0 Å². The smallest absolute Gasteiger partial charge is 0.104 e. The largest absolute Gasteiger partial charge is 0.469 e. The van der Waals surface area contributed by atoms with E-state index in [0.29, 0.717) is 5.41 Å². The Kier molecular flexibility index (Phi) is 3.24. The highest BCUT2D eigenvalue weighted by molar-refractivity contribution is 5.09. The Balaban J connectivity index is 1.76. The molecular weight excluding hydrogens is 234 g/mol. The molecule has 2 aliphatic rings. The van der Waals surface area contributed by atoms with Crippen molar-refractivity contribution in [2.24, 2.45) is 17.3 Å². The van der Waals surface area contributed by atoms with E-state index in [4.69, 9.17) is 4.42 Å². The van der Waals surface area contributed by atoms with Crippen LogP contribution < -0.4 is 5.32 Å². The van der Waals surface area contributed by atoms with Crippen LogP contribution in [0.5, 0.6) is 0 Å². The predicted molar refractivity (Wildman–Crippen MR) is 78.0 cm³/mol. The zero-order valence-electron chi connectivity index (χ0n) is 12.5. The van der Waals surface area contributed by atoms with Gasteiger partial charge in [0.15, 0.2) is 0 Å². The van der Waals surface area contributed by atoms with Crippen molar-refractivity contribution in [3.63, 3.8) is 0 Å². The number of hydrogen-bond donors (Lipinski definition) is 1. The molecule has 1 aromatic heterocycles. The molecule has 3 rings (SSSR count). The molecular formula is C17H27NO. The maximum absolute atomic E-state index is 5.63. The fourth-order valence-electron chi connectivity index (χ4n) is 4.25. The normalized spacial score (nSPS) is 34.1. The second-order valence-corrected chi connectivity index (χ2v) is 7.80. The van der Waals surface area contributed by atoms with Gasteiger partial charge in [-0.25, -0.2) is 0 Å². The van der Waals surface area contributed by atoms with Gasteiger partial charge < -0.3 is 9.73 Å². The van der Waals surface area contributed by atoms with E-state index in [9.17, 15) is 0 Å². The highest BCUT2D eigenvalue weighted by Crippen LogP contribution is 2.57. The summed E-state index contributed by atoms with van der Waals surface area (Å²) < 4.78 is 5.63. The van der Waals surface area contributed by atoms with Crippen molar-refractivity contribution in [3.8, 4) is 0 Å². The summed E-state index contributed by atoms with van der Waals surface area (Å²) >= 11 is 0. The van der Waals surface area contributed by atoms with E-state index in [0.717, 1.165) is 24.8 Å². The van der Waals surface area contributed by atoms with Crippen LogP contribution in [0.2, 0.25) is 0 Å². The molecule has 0 amide bonds. The monoisotopic (exact) mass is 261 g/mol. The molecule has 0 saturated heterocycles. The molecule has 3 unspecified atom stereocenters. The minimum absolute atomic E-state index is 0.206. The molecule has 1 heterocycles. The highest BCUT2D eigenvalue weighted by atomic mass is 16.3. The van der Waals surface area contributed by atoms with Crippen LogP contribution in [0.4, 0.5) is 0 Å². The lowest BCUT2D eigenvalue weighted by molar-refractivity contribution is 0.134. The van der Waals surface area contributed by atoms with Crippen molar-refractivity contribution in [1.29, 1.82) is 0 Å². The van der Waals surface area contributed by atoms with Crippen LogP contribution in [0, 0.1) is 17.3 Å². The van der Waals surface area contributed by atoms with E-state index >= 15 is 0 Å². The number of rotatable bonds is 4. The first-order chi connectivity index (χ1) is 8.97. The van der Waals surface area contributed by atoms with Crippen molar-refractivity contribution in [3.05, 3.63) is 24.2 Å². The zero-order chi connectivity index (χ0) is 13.5. The minimum atomic E-state index is 0.206. The van der Waals surface area contributed by atoms with Crippen molar-refractivity contribution in [2.75, 3.05) is 6.54 Å². The maximum Gasteiger partial charge on any atom is 0.104 e. The molecule has 2 saturated carbocycles. The van der Waals surface area contributed by atoms with Crippen molar-refractivity contribution in [1.82, 2.24) is 5.32 Å². The average Bonchev–Trinajstić information content (AvgIpc) is 3.01. The van der Waals surface area contributed by atoms with Crippen molar-refractivity contribution in [2.45, 2.75) is 58.4 Å². The third-order valence-corrected chi connectivity index (χ3v) is 5.18. The van der Waals surface area contributed by atoms with E-state index < -0.39 is 0 Å². The summed E-state index contributed by atoms with van der Waals surface area (Å²) in [4.78, 5) is 0. The molecule has 2 nitrogen and oxygen atoms in total. The average molecular weight is 261 g/mol. The topological polar surface area (TPSA) is 25.2 Å². The maximum atomic E-state index is 5.63. The molecule has 106 valence electrons. The standard InChI is InChI=1S/C17H27NO/c1-16(2,3)18-12-17(11-15-5-4-8-19-15)10-13-6-7-14(17)9-13/h4-5,8,13-14,18H,6-7,9-12H2,1-3H3. The SMILES string of the molecule is CC(C)(C)NCC1(Cc2ccco2)CC2CCC1C2. The van der Waals surface area contributed by atoms with Crippen LogP contribution in [-0.2, 0) is 6.42 Å². The van der Waals surface area contributed by atoms with Crippen LogP contribution in [0.3, 0.4) is 0 Å². The van der Waals surface area contributed by atoms with Gasteiger partial charge >= 0.3 is 0 Å². The van der Waals surface area contributed by atoms with E-state index in [-0.39, 0.29) is 5.54 Å². The molecule has 2 bridgehead atoms. The van der Waals surface area contributed by atoms with Gasteiger partial charge in [0.25, 0.3) is 0 Å². The molecule has 2 fully saturated rings. The minimum Gasteiger partial charge on any atom is -0.469 e. The second kappa shape index (κ2) is 4.66. The third kappa shape index (κ3) is 2.74. The molecule has 19 heavy (non-hydrogen) atoms. The first-order valence-electron chi connectivity index (χ1n) is 7.74. The third-order valence-electron chi connectivity index (χ3n) is 5.18. The summed E-state index contributed by atoms with van der Waals surface area (Å²) in [6.45, 7) is 7.93. The van der Waals surface area contributed by atoms with Crippen LogP contribution in [0.1, 0.15) is 52.2 Å². The van der Waals surface area contributed by atoms with Gasteiger partial charge in [-0.2, -0.15) is 0 Å². The molecule has 2 aliphatic carbocycles. The molecule has 0 radical (unpaired) electrons. The van der Waals surface area contributed by atoms with E-state index in [1.165, 1.54) is 31.4 Å². The Morgan fingerprint density at radius 2 is 2.21 bits per heavy atom. The van der Waals surface area contributed by atoms with Gasteiger partial charge in [0.05, 0.1) is 6.26 Å². The van der Waals surface area contributed by atoms with E-state index in [1.807, 2.05) is 12.3 Å². The summed E-state index contributed by atoms with van der Waals surface area (Å²) in [6, 6.07) is 4.16. The lowest BCUT2D eigenvalue weighted by atomic mass is 9.70. The molecule has 0 aromatic carbocycles. The van der Waals surface area contributed by atoms with Gasteiger partial charge in [-0.05, 0) is 69.4 Å². The first-order valence-corrected chi connectivity index (χ1v) is 7.74. The van der Waals surface area contributed by atoms with Gasteiger partial charge in [-0.15, -0.1) is 0 Å². The zero-order valence-corrected chi connectivity index (χ0v) is 12.5. The summed E-state index contributed by atoms with van der Waals surface area (Å²) in [7, 11) is 0. The van der Waals surface area contributed by atoms with Crippen LogP contribution in [0.25, 0.3) is 0 Å². The Hall–Kier alpha value is -0.760. The van der Waals surface area contributed by atoms with Crippen LogP contribution in [-0.4, -0.2) is 12.1 Å².